The second-order valence-corrected chi connectivity index (χ2v) is 2.48. The maximum Gasteiger partial charge on any atom is 0.221 e. The van der Waals surface area contributed by atoms with Gasteiger partial charge in [0, 0.05) is 0 Å². The largest absolute Gasteiger partial charge is 0.850 e. The van der Waals surface area contributed by atoms with E-state index >= 15 is 0 Å². The van der Waals surface area contributed by atoms with Gasteiger partial charge in [-0.1, -0.05) is 6.61 Å². The molecule has 2 nitrogen and oxygen atoms in total. The summed E-state index contributed by atoms with van der Waals surface area (Å²) >= 11 is 0. The summed E-state index contributed by atoms with van der Waals surface area (Å²) < 4.78 is 12.0. The van der Waals surface area contributed by atoms with Gasteiger partial charge in [-0.05, 0) is 0 Å². The molecule has 3 heteroatoms. The van der Waals surface area contributed by atoms with Crippen LogP contribution in [0.15, 0.2) is 0 Å². The molecule has 8 heavy (non-hydrogen) atoms. The molecule has 0 saturated carbocycles. The van der Waals surface area contributed by atoms with Gasteiger partial charge in [-0.2, -0.15) is 4.39 Å². The second kappa shape index (κ2) is 2.99. The smallest absolute Gasteiger partial charge is 0.221 e. The molecule has 0 spiro atoms. The molecular weight excluding hydrogens is 108 g/mol. The fourth-order valence-electron chi connectivity index (χ4n) is 0.307. The summed E-state index contributed by atoms with van der Waals surface area (Å²) in [6, 6.07) is 0. The van der Waals surface area contributed by atoms with Crippen molar-refractivity contribution in [2.75, 3.05) is 34.0 Å². The molecule has 0 unspecified atom stereocenters. The number of nitrogens with zero attached hydrogens (tertiary/aromatic N) is 1. The van der Waals surface area contributed by atoms with Crippen molar-refractivity contribution < 1.29 is 14.0 Å². The predicted octanol–water partition coefficient (Wildman–Crippen LogP) is -0.650. The van der Waals surface area contributed by atoms with Crippen molar-refractivity contribution >= 4 is 0 Å². The van der Waals surface area contributed by atoms with Crippen molar-refractivity contribution in [2.24, 2.45) is 0 Å². The van der Waals surface area contributed by atoms with E-state index in [2.05, 4.69) is 0 Å². The minimum Gasteiger partial charge on any atom is -0.850 e. The molecule has 0 amide bonds. The third-order valence-corrected chi connectivity index (χ3v) is 1.02. The lowest BCUT2D eigenvalue weighted by molar-refractivity contribution is -0.907. The average Bonchev–Trinajstić information content (AvgIpc) is 1.67. The molecule has 0 bridgehead atoms. The van der Waals surface area contributed by atoms with Gasteiger partial charge in [-0.25, -0.2) is 0 Å². The Balaban J connectivity index is 3.37. The van der Waals surface area contributed by atoms with Crippen molar-refractivity contribution in [3.63, 3.8) is 0 Å². The van der Waals surface area contributed by atoms with E-state index in [1.54, 1.807) is 14.1 Å². The summed E-state index contributed by atoms with van der Waals surface area (Å²) in [5.74, 6) is 0. The summed E-state index contributed by atoms with van der Waals surface area (Å²) in [7, 11) is 3.38. The summed E-state index contributed by atoms with van der Waals surface area (Å²) in [5, 5.41) is 9.92. The van der Waals surface area contributed by atoms with E-state index in [1.165, 1.54) is 0 Å². The normalized spacial score (nSPS) is 12.0. The van der Waals surface area contributed by atoms with E-state index < -0.39 is 6.80 Å². The molecule has 0 N–H and O–H groups in total. The molecule has 0 aliphatic heterocycles. The molecule has 0 aliphatic carbocycles. The van der Waals surface area contributed by atoms with Crippen LogP contribution in [-0.4, -0.2) is 38.5 Å². The molecule has 0 aromatic carbocycles. The highest BCUT2D eigenvalue weighted by molar-refractivity contribution is 4.20. The van der Waals surface area contributed by atoms with Crippen LogP contribution in [0, 0.1) is 0 Å². The van der Waals surface area contributed by atoms with E-state index in [0.717, 1.165) is 0 Å². The van der Waals surface area contributed by atoms with Gasteiger partial charge in [0.15, 0.2) is 0 Å². The topological polar surface area (TPSA) is 23.1 Å². The SMILES string of the molecule is C[N+](C)(C[18F])CC[O-]. The van der Waals surface area contributed by atoms with Gasteiger partial charge in [-0.3, -0.25) is 0 Å². The third-order valence-electron chi connectivity index (χ3n) is 1.02. The van der Waals surface area contributed by atoms with Crippen LogP contribution in [0.3, 0.4) is 0 Å². The molecule has 0 heterocycles. The highest BCUT2D eigenvalue weighted by Gasteiger charge is 2.08. The highest BCUT2D eigenvalue weighted by atomic mass is 18.2. The maximum absolute atomic E-state index is 11.8. The first-order valence-electron chi connectivity index (χ1n) is 2.58. The van der Waals surface area contributed by atoms with Crippen LogP contribution in [0.4, 0.5) is 4.39 Å². The number of halogens is 1. The molecule has 0 saturated heterocycles. The number of rotatable bonds is 3. The lowest BCUT2D eigenvalue weighted by Crippen LogP contribution is -2.43. The average molecular weight is 120 g/mol. The van der Waals surface area contributed by atoms with Gasteiger partial charge in [0.25, 0.3) is 0 Å². The minimum atomic E-state index is -0.456. The third kappa shape index (κ3) is 2.93. The Hall–Kier alpha value is -0.150. The van der Waals surface area contributed by atoms with Crippen LogP contribution >= 0.6 is 0 Å². The lowest BCUT2D eigenvalue weighted by atomic mass is 10.5. The first-order chi connectivity index (χ1) is 3.62. The Morgan fingerprint density at radius 1 is 1.50 bits per heavy atom. The molecule has 0 aromatic heterocycles. The highest BCUT2D eigenvalue weighted by Crippen LogP contribution is 1.93. The monoisotopic (exact) mass is 120 g/mol. The first kappa shape index (κ1) is 7.85. The quantitative estimate of drug-likeness (QED) is 0.358. The van der Waals surface area contributed by atoms with Crippen LogP contribution in [-0.2, 0) is 0 Å². The molecule has 0 radical (unpaired) electrons. The Kier molecular flexibility index (Phi) is 2.94. The van der Waals surface area contributed by atoms with Gasteiger partial charge in [0.2, 0.25) is 6.80 Å². The van der Waals surface area contributed by atoms with Gasteiger partial charge < -0.3 is 9.59 Å². The van der Waals surface area contributed by atoms with Crippen LogP contribution in [0.5, 0.6) is 0 Å². The zero-order valence-electron chi connectivity index (χ0n) is 5.35. The minimum absolute atomic E-state index is 0.184. The van der Waals surface area contributed by atoms with E-state index in [1.807, 2.05) is 0 Å². The van der Waals surface area contributed by atoms with Crippen LogP contribution < -0.4 is 5.11 Å². The molecule has 0 fully saturated rings. The molecule has 0 aliphatic rings. The Morgan fingerprint density at radius 2 is 2.00 bits per heavy atom. The Morgan fingerprint density at radius 3 is 2.12 bits per heavy atom. The first-order valence-corrected chi connectivity index (χ1v) is 2.58. The summed E-state index contributed by atoms with van der Waals surface area (Å²) in [4.78, 5) is 0. The standard InChI is InChI=1S/C5H12FNO/c1-7(2,5-6)3-4-8/h3-5H2,1-2H3/i6-1. The number of quaternary nitrogens is 1. The number of hydrogen-bond donors (Lipinski definition) is 0. The van der Waals surface area contributed by atoms with Crippen LogP contribution in [0.2, 0.25) is 0 Å². The van der Waals surface area contributed by atoms with Crippen molar-refractivity contribution in [3.05, 3.63) is 0 Å². The van der Waals surface area contributed by atoms with E-state index in [0.29, 0.717) is 6.54 Å². The zero-order valence-corrected chi connectivity index (χ0v) is 5.35. The van der Waals surface area contributed by atoms with Crippen LogP contribution in [0.25, 0.3) is 0 Å². The number of alkyl halides is 1. The van der Waals surface area contributed by atoms with E-state index in [-0.39, 0.29) is 11.1 Å². The van der Waals surface area contributed by atoms with Crippen LogP contribution in [0.1, 0.15) is 0 Å². The fourth-order valence-corrected chi connectivity index (χ4v) is 0.307. The number of hydrogen-bond acceptors (Lipinski definition) is 1. The second-order valence-electron chi connectivity index (χ2n) is 2.48. The van der Waals surface area contributed by atoms with Gasteiger partial charge >= 0.3 is 0 Å². The summed E-state index contributed by atoms with van der Waals surface area (Å²) in [5.41, 5.74) is 0. The summed E-state index contributed by atoms with van der Waals surface area (Å²) in [6.45, 7) is -0.282. The van der Waals surface area contributed by atoms with Gasteiger partial charge in [0.05, 0.1) is 20.6 Å². The van der Waals surface area contributed by atoms with Crippen molar-refractivity contribution in [3.8, 4) is 0 Å². The molecule has 0 atom stereocenters. The Labute approximate surface area is 49.1 Å². The van der Waals surface area contributed by atoms with E-state index in [4.69, 9.17) is 0 Å². The maximum atomic E-state index is 11.8. The van der Waals surface area contributed by atoms with Crippen molar-refractivity contribution in [2.45, 2.75) is 0 Å². The van der Waals surface area contributed by atoms with Crippen molar-refractivity contribution in [1.29, 1.82) is 0 Å². The Bertz CT molecular complexity index is 65.4. The molecule has 0 rings (SSSR count). The van der Waals surface area contributed by atoms with Gasteiger partial charge in [-0.15, -0.1) is 0 Å². The van der Waals surface area contributed by atoms with Gasteiger partial charge in [0.1, 0.15) is 0 Å². The molecule has 0 aromatic rings. The summed E-state index contributed by atoms with van der Waals surface area (Å²) in [6.07, 6.45) is 0. The fraction of sp³-hybridized carbons (Fsp3) is 1.00. The lowest BCUT2D eigenvalue weighted by Gasteiger charge is -2.26. The zero-order chi connectivity index (χ0) is 6.62. The van der Waals surface area contributed by atoms with Crippen molar-refractivity contribution in [1.82, 2.24) is 0 Å². The number of likely N-dealkylation sites (N-methyl/N-ethyl adjacent to an activating group) is 1. The predicted molar refractivity (Wildman–Crippen MR) is 27.8 cm³/mol. The molecule has 50 valence electrons. The van der Waals surface area contributed by atoms with E-state index in [9.17, 15) is 9.50 Å². The molecular formula is C5H12FNO.